The number of anilines is 1. The number of morpholine rings is 1. The van der Waals surface area contributed by atoms with Crippen LogP contribution < -0.4 is 9.62 Å². The van der Waals surface area contributed by atoms with Gasteiger partial charge in [0.05, 0.1) is 25.1 Å². The van der Waals surface area contributed by atoms with Crippen LogP contribution in [0.4, 0.5) is 14.6 Å². The lowest BCUT2D eigenvalue weighted by molar-refractivity contribution is 0.0245. The quantitative estimate of drug-likeness (QED) is 0.609. The zero-order chi connectivity index (χ0) is 20.4. The minimum atomic E-state index is -2.66. The van der Waals surface area contributed by atoms with E-state index in [2.05, 4.69) is 36.5 Å². The molecule has 29 heavy (non-hydrogen) atoms. The van der Waals surface area contributed by atoms with Crippen molar-refractivity contribution in [2.75, 3.05) is 30.9 Å². The minimum absolute atomic E-state index is 0.0325. The van der Waals surface area contributed by atoms with Gasteiger partial charge in [0.25, 0.3) is 6.43 Å². The Labute approximate surface area is 170 Å². The Morgan fingerprint density at radius 1 is 1.28 bits per heavy atom. The Kier molecular flexibility index (Phi) is 5.88. The molecule has 0 radical (unpaired) electrons. The zero-order valence-electron chi connectivity index (χ0n) is 16.0. The molecule has 1 saturated heterocycles. The van der Waals surface area contributed by atoms with Gasteiger partial charge in [-0.05, 0) is 19.2 Å². The SMILES string of the molecule is CSNC(C)C1CN(c2ccnc(-c3cnc4cnc(C(F)F)cn34)n2)CCO1. The van der Waals surface area contributed by atoms with E-state index in [4.69, 9.17) is 4.74 Å². The second-order valence-corrected chi connectivity index (χ2v) is 7.33. The monoisotopic (exact) mass is 421 g/mol. The van der Waals surface area contributed by atoms with Crippen LogP contribution in [0.5, 0.6) is 0 Å². The molecule has 8 nitrogen and oxygen atoms in total. The largest absolute Gasteiger partial charge is 0.373 e. The molecule has 4 heterocycles. The fraction of sp³-hybridized carbons (Fsp3) is 0.444. The van der Waals surface area contributed by atoms with Crippen molar-refractivity contribution in [1.82, 2.24) is 29.1 Å². The predicted octanol–water partition coefficient (Wildman–Crippen LogP) is 2.59. The molecule has 1 fully saturated rings. The van der Waals surface area contributed by atoms with E-state index in [9.17, 15) is 8.78 Å². The van der Waals surface area contributed by atoms with Crippen molar-refractivity contribution in [3.05, 3.63) is 36.5 Å². The summed E-state index contributed by atoms with van der Waals surface area (Å²) in [6, 6.07) is 2.03. The van der Waals surface area contributed by atoms with E-state index < -0.39 is 6.43 Å². The number of ether oxygens (including phenoxy) is 1. The molecule has 154 valence electrons. The maximum atomic E-state index is 13.0. The molecular weight excluding hydrogens is 400 g/mol. The summed E-state index contributed by atoms with van der Waals surface area (Å²) < 4.78 is 36.8. The summed E-state index contributed by atoms with van der Waals surface area (Å²) in [5.74, 6) is 1.18. The number of halogens is 2. The molecule has 1 aliphatic heterocycles. The predicted molar refractivity (Wildman–Crippen MR) is 107 cm³/mol. The van der Waals surface area contributed by atoms with Gasteiger partial charge in [0.2, 0.25) is 0 Å². The highest BCUT2D eigenvalue weighted by molar-refractivity contribution is 7.96. The number of fused-ring (bicyclic) bond motifs is 1. The van der Waals surface area contributed by atoms with Gasteiger partial charge in [-0.2, -0.15) is 0 Å². The Bertz CT molecular complexity index is 986. The van der Waals surface area contributed by atoms with Crippen LogP contribution in [-0.2, 0) is 4.74 Å². The molecular formula is C18H21F2N7OS. The third-order valence-electron chi connectivity index (χ3n) is 4.79. The first kappa shape index (κ1) is 19.9. The average Bonchev–Trinajstić information content (AvgIpc) is 3.17. The lowest BCUT2D eigenvalue weighted by atomic mass is 10.1. The van der Waals surface area contributed by atoms with E-state index in [1.807, 2.05) is 12.3 Å². The number of nitrogens with one attached hydrogen (secondary N) is 1. The highest BCUT2D eigenvalue weighted by atomic mass is 32.2. The Morgan fingerprint density at radius 3 is 2.93 bits per heavy atom. The van der Waals surface area contributed by atoms with Crippen LogP contribution in [0.2, 0.25) is 0 Å². The Balaban J connectivity index is 1.62. The van der Waals surface area contributed by atoms with Crippen LogP contribution in [-0.4, -0.2) is 62.4 Å². The summed E-state index contributed by atoms with van der Waals surface area (Å²) in [7, 11) is 0. The molecule has 0 aromatic carbocycles. The molecule has 2 atom stereocenters. The summed E-state index contributed by atoms with van der Waals surface area (Å²) in [4.78, 5) is 19.1. The Morgan fingerprint density at radius 2 is 2.14 bits per heavy atom. The van der Waals surface area contributed by atoms with Crippen LogP contribution >= 0.6 is 11.9 Å². The molecule has 0 spiro atoms. The third kappa shape index (κ3) is 4.16. The summed E-state index contributed by atoms with van der Waals surface area (Å²) in [6.07, 6.45) is 5.19. The van der Waals surface area contributed by atoms with Gasteiger partial charge in [0, 0.05) is 31.5 Å². The van der Waals surface area contributed by atoms with E-state index >= 15 is 0 Å². The van der Waals surface area contributed by atoms with Crippen molar-refractivity contribution >= 4 is 23.4 Å². The fourth-order valence-electron chi connectivity index (χ4n) is 3.28. The minimum Gasteiger partial charge on any atom is -0.373 e. The van der Waals surface area contributed by atoms with E-state index in [-0.39, 0.29) is 17.8 Å². The number of alkyl halides is 2. The van der Waals surface area contributed by atoms with Gasteiger partial charge in [-0.1, -0.05) is 11.9 Å². The summed E-state index contributed by atoms with van der Waals surface area (Å²) >= 11 is 1.56. The normalized spacial score (nSPS) is 18.5. The van der Waals surface area contributed by atoms with Gasteiger partial charge in [-0.25, -0.2) is 28.7 Å². The van der Waals surface area contributed by atoms with Gasteiger partial charge >= 0.3 is 0 Å². The van der Waals surface area contributed by atoms with E-state index in [0.29, 0.717) is 36.9 Å². The number of imidazole rings is 1. The molecule has 0 saturated carbocycles. The standard InChI is InChI=1S/C18H21F2N7OS/c1-11(25-29-2)14-10-26(5-6-28-14)15-3-4-21-18(24-15)13-7-23-16-8-22-12(17(19)20)9-27(13)16/h3-4,7-9,11,14,17,25H,5-6,10H2,1-2H3. The van der Waals surface area contributed by atoms with Gasteiger partial charge in [-0.3, -0.25) is 9.12 Å². The summed E-state index contributed by atoms with van der Waals surface area (Å²) in [5.41, 5.74) is 0.675. The lowest BCUT2D eigenvalue weighted by Crippen LogP contribution is -2.50. The topological polar surface area (TPSA) is 80.5 Å². The number of hydrogen-bond acceptors (Lipinski definition) is 8. The molecule has 0 amide bonds. The number of aromatic nitrogens is 5. The summed E-state index contributed by atoms with van der Waals surface area (Å²) in [5, 5.41) is 0. The maximum Gasteiger partial charge on any atom is 0.281 e. The highest BCUT2D eigenvalue weighted by Crippen LogP contribution is 2.23. The first-order valence-corrected chi connectivity index (χ1v) is 10.4. The molecule has 0 aliphatic carbocycles. The van der Waals surface area contributed by atoms with E-state index in [1.54, 1.807) is 28.7 Å². The van der Waals surface area contributed by atoms with Gasteiger partial charge < -0.3 is 9.64 Å². The first-order valence-electron chi connectivity index (χ1n) is 9.16. The molecule has 1 N–H and O–H groups in total. The molecule has 0 bridgehead atoms. The number of rotatable bonds is 6. The maximum absolute atomic E-state index is 13.0. The van der Waals surface area contributed by atoms with Crippen LogP contribution in [0.15, 0.2) is 30.9 Å². The summed E-state index contributed by atoms with van der Waals surface area (Å²) in [6.45, 7) is 4.09. The zero-order valence-corrected chi connectivity index (χ0v) is 16.8. The van der Waals surface area contributed by atoms with E-state index in [0.717, 1.165) is 5.82 Å². The molecule has 11 heteroatoms. The molecule has 2 unspecified atom stereocenters. The van der Waals surface area contributed by atoms with Crippen molar-refractivity contribution < 1.29 is 13.5 Å². The Hall–Kier alpha value is -2.37. The second kappa shape index (κ2) is 8.56. The van der Waals surface area contributed by atoms with Crippen LogP contribution in [0.1, 0.15) is 19.0 Å². The van der Waals surface area contributed by atoms with Crippen LogP contribution in [0.3, 0.4) is 0 Å². The molecule has 3 aromatic heterocycles. The number of hydrogen-bond donors (Lipinski definition) is 1. The highest BCUT2D eigenvalue weighted by Gasteiger charge is 2.26. The average molecular weight is 421 g/mol. The van der Waals surface area contributed by atoms with Crippen molar-refractivity contribution in [2.45, 2.75) is 25.5 Å². The first-order chi connectivity index (χ1) is 14.1. The smallest absolute Gasteiger partial charge is 0.281 e. The van der Waals surface area contributed by atoms with Crippen LogP contribution in [0, 0.1) is 0 Å². The lowest BCUT2D eigenvalue weighted by Gasteiger charge is -2.36. The van der Waals surface area contributed by atoms with Crippen molar-refractivity contribution in [1.29, 1.82) is 0 Å². The van der Waals surface area contributed by atoms with Crippen molar-refractivity contribution in [3.63, 3.8) is 0 Å². The number of nitrogens with zero attached hydrogens (tertiary/aromatic N) is 6. The van der Waals surface area contributed by atoms with Gasteiger partial charge in [0.15, 0.2) is 11.5 Å². The van der Waals surface area contributed by atoms with Crippen molar-refractivity contribution in [2.24, 2.45) is 0 Å². The molecule has 1 aliphatic rings. The van der Waals surface area contributed by atoms with E-state index in [1.165, 1.54) is 12.4 Å². The van der Waals surface area contributed by atoms with Gasteiger partial charge in [0.1, 0.15) is 17.2 Å². The second-order valence-electron chi connectivity index (χ2n) is 6.69. The van der Waals surface area contributed by atoms with Crippen LogP contribution in [0.25, 0.3) is 17.2 Å². The third-order valence-corrected chi connectivity index (χ3v) is 5.40. The molecule has 4 rings (SSSR count). The fourth-order valence-corrected chi connectivity index (χ4v) is 3.80. The van der Waals surface area contributed by atoms with Gasteiger partial charge in [-0.15, -0.1) is 0 Å². The van der Waals surface area contributed by atoms with Crippen molar-refractivity contribution in [3.8, 4) is 11.5 Å². The molecule has 3 aromatic rings.